The van der Waals surface area contributed by atoms with Crippen molar-refractivity contribution in [3.63, 3.8) is 0 Å². The molecule has 0 spiro atoms. The number of hydrogen-bond acceptors (Lipinski definition) is 2. The van der Waals surface area contributed by atoms with E-state index < -0.39 is 0 Å². The minimum absolute atomic E-state index is 0.0448. The first-order valence-corrected chi connectivity index (χ1v) is 3.64. The van der Waals surface area contributed by atoms with E-state index in [9.17, 15) is 4.79 Å². The minimum atomic E-state index is -0.0856. The van der Waals surface area contributed by atoms with Gasteiger partial charge in [0.2, 0.25) is 0 Å². The molecule has 1 aliphatic heterocycles. The van der Waals surface area contributed by atoms with Gasteiger partial charge in [0.15, 0.2) is 0 Å². The molecular formula is C5H5ClOS. The van der Waals surface area contributed by atoms with Gasteiger partial charge in [0.25, 0.3) is 0 Å². The summed E-state index contributed by atoms with van der Waals surface area (Å²) in [6.07, 6.45) is 2.70. The van der Waals surface area contributed by atoms with Crippen LogP contribution in [-0.2, 0) is 4.79 Å². The van der Waals surface area contributed by atoms with Crippen LogP contribution in [0.4, 0.5) is 0 Å². The van der Waals surface area contributed by atoms with E-state index in [2.05, 4.69) is 0 Å². The average molecular weight is 149 g/mol. The second-order valence-electron chi connectivity index (χ2n) is 1.51. The van der Waals surface area contributed by atoms with E-state index in [4.69, 9.17) is 11.6 Å². The molecule has 0 fully saturated rings. The van der Waals surface area contributed by atoms with Gasteiger partial charge in [-0.05, 0) is 5.41 Å². The number of aldehydes is 1. The van der Waals surface area contributed by atoms with Gasteiger partial charge in [-0.2, -0.15) is 0 Å². The molecule has 1 aliphatic rings. The van der Waals surface area contributed by atoms with Gasteiger partial charge in [0, 0.05) is 0 Å². The van der Waals surface area contributed by atoms with E-state index in [1.54, 1.807) is 0 Å². The fourth-order valence-corrected chi connectivity index (χ4v) is 1.65. The molecule has 0 aliphatic carbocycles. The van der Waals surface area contributed by atoms with Crippen LogP contribution in [0.2, 0.25) is 0 Å². The number of rotatable bonds is 1. The maximum atomic E-state index is 10.1. The zero-order valence-electron chi connectivity index (χ0n) is 4.08. The minimum Gasteiger partial charge on any atom is -0.302 e. The Morgan fingerprint density at radius 2 is 2.50 bits per heavy atom. The maximum absolute atomic E-state index is 10.1. The number of hydrogen-bond donors (Lipinski definition) is 0. The predicted octanol–water partition coefficient (Wildman–Crippen LogP) is 1.42. The molecule has 0 aromatic rings. The molecule has 3 heteroatoms. The Hall–Kier alpha value is 0.0500. The van der Waals surface area contributed by atoms with Gasteiger partial charge in [-0.1, -0.05) is 6.08 Å². The van der Waals surface area contributed by atoms with Crippen LogP contribution < -0.4 is 0 Å². The Kier molecular flexibility index (Phi) is 1.97. The molecule has 1 nitrogen and oxygen atoms in total. The molecule has 1 heterocycles. The van der Waals surface area contributed by atoms with Gasteiger partial charge in [-0.3, -0.25) is 0 Å². The Morgan fingerprint density at radius 3 is 2.75 bits per heavy atom. The molecule has 8 heavy (non-hydrogen) atoms. The Labute approximate surface area is 57.1 Å². The summed E-state index contributed by atoms with van der Waals surface area (Å²) in [7, 11) is 0. The molecular weight excluding hydrogens is 144 g/mol. The van der Waals surface area contributed by atoms with Crippen LogP contribution in [0.5, 0.6) is 0 Å². The van der Waals surface area contributed by atoms with E-state index in [1.165, 1.54) is 11.8 Å². The average Bonchev–Trinajstić information content (AvgIpc) is 2.14. The molecule has 0 saturated carbocycles. The quantitative estimate of drug-likeness (QED) is 0.413. The molecule has 2 atom stereocenters. The standard InChI is InChI=1S/C5H5ClOS/c6-4-1-2-8-5(4)3-7/h1-5H. The highest BCUT2D eigenvalue weighted by atomic mass is 35.5. The summed E-state index contributed by atoms with van der Waals surface area (Å²) < 4.78 is 0. The van der Waals surface area contributed by atoms with Crippen molar-refractivity contribution >= 4 is 29.6 Å². The van der Waals surface area contributed by atoms with Crippen molar-refractivity contribution in [1.29, 1.82) is 0 Å². The molecule has 2 unspecified atom stereocenters. The van der Waals surface area contributed by atoms with Crippen molar-refractivity contribution in [2.45, 2.75) is 10.6 Å². The molecule has 1 rings (SSSR count). The summed E-state index contributed by atoms with van der Waals surface area (Å²) in [4.78, 5) is 10.1. The third-order valence-electron chi connectivity index (χ3n) is 0.946. The number of halogens is 1. The Balaban J connectivity index is 2.50. The van der Waals surface area contributed by atoms with E-state index in [1.807, 2.05) is 11.5 Å². The van der Waals surface area contributed by atoms with Crippen LogP contribution in [0, 0.1) is 0 Å². The van der Waals surface area contributed by atoms with Crippen molar-refractivity contribution in [1.82, 2.24) is 0 Å². The molecule has 0 amide bonds. The summed E-state index contributed by atoms with van der Waals surface area (Å²) in [5, 5.41) is 1.73. The largest absolute Gasteiger partial charge is 0.302 e. The lowest BCUT2D eigenvalue weighted by Crippen LogP contribution is -2.11. The van der Waals surface area contributed by atoms with Crippen LogP contribution in [-0.4, -0.2) is 16.9 Å². The second-order valence-corrected chi connectivity index (χ2v) is 3.10. The van der Waals surface area contributed by atoms with E-state index in [0.29, 0.717) is 0 Å². The molecule has 0 radical (unpaired) electrons. The van der Waals surface area contributed by atoms with Crippen molar-refractivity contribution < 1.29 is 4.79 Å². The number of allylic oxidation sites excluding steroid dienone is 1. The first kappa shape index (κ1) is 6.17. The van der Waals surface area contributed by atoms with Crippen LogP contribution in [0.3, 0.4) is 0 Å². The van der Waals surface area contributed by atoms with E-state index in [0.717, 1.165) is 6.29 Å². The lowest BCUT2D eigenvalue weighted by molar-refractivity contribution is -0.107. The lowest BCUT2D eigenvalue weighted by Gasteiger charge is -2.00. The van der Waals surface area contributed by atoms with Gasteiger partial charge in [-0.15, -0.1) is 23.4 Å². The molecule has 0 aromatic carbocycles. The van der Waals surface area contributed by atoms with Gasteiger partial charge in [-0.25, -0.2) is 0 Å². The zero-order valence-corrected chi connectivity index (χ0v) is 5.65. The normalized spacial score (nSPS) is 35.6. The van der Waals surface area contributed by atoms with Crippen LogP contribution in [0.15, 0.2) is 11.5 Å². The van der Waals surface area contributed by atoms with E-state index in [-0.39, 0.29) is 10.6 Å². The van der Waals surface area contributed by atoms with Crippen LogP contribution in [0.25, 0.3) is 0 Å². The topological polar surface area (TPSA) is 17.1 Å². The van der Waals surface area contributed by atoms with E-state index >= 15 is 0 Å². The number of carbonyl (C=O) groups is 1. The number of alkyl halides is 1. The molecule has 0 N–H and O–H groups in total. The maximum Gasteiger partial charge on any atom is 0.135 e. The van der Waals surface area contributed by atoms with Crippen molar-refractivity contribution in [2.24, 2.45) is 0 Å². The number of thioether (sulfide) groups is 1. The predicted molar refractivity (Wildman–Crippen MR) is 36.2 cm³/mol. The van der Waals surface area contributed by atoms with Gasteiger partial charge in [0.05, 0.1) is 10.6 Å². The number of carbonyl (C=O) groups excluding carboxylic acids is 1. The molecule has 0 saturated heterocycles. The summed E-state index contributed by atoms with van der Waals surface area (Å²) in [5.74, 6) is 0. The van der Waals surface area contributed by atoms with Crippen LogP contribution in [0.1, 0.15) is 0 Å². The smallest absolute Gasteiger partial charge is 0.135 e. The van der Waals surface area contributed by atoms with Gasteiger partial charge >= 0.3 is 0 Å². The molecule has 44 valence electrons. The second kappa shape index (κ2) is 2.55. The molecule has 0 bridgehead atoms. The summed E-state index contributed by atoms with van der Waals surface area (Å²) in [5.41, 5.74) is 0. The highest BCUT2D eigenvalue weighted by Gasteiger charge is 2.19. The Bertz CT molecular complexity index is 124. The summed E-state index contributed by atoms with van der Waals surface area (Å²) in [6.45, 7) is 0. The van der Waals surface area contributed by atoms with Crippen LogP contribution >= 0.6 is 23.4 Å². The third kappa shape index (κ3) is 1.06. The van der Waals surface area contributed by atoms with Gasteiger partial charge < -0.3 is 4.79 Å². The molecule has 0 aromatic heterocycles. The third-order valence-corrected chi connectivity index (χ3v) is 2.55. The first-order chi connectivity index (χ1) is 3.84. The fourth-order valence-electron chi connectivity index (χ4n) is 0.503. The van der Waals surface area contributed by atoms with Gasteiger partial charge in [0.1, 0.15) is 6.29 Å². The first-order valence-electron chi connectivity index (χ1n) is 2.26. The van der Waals surface area contributed by atoms with Crippen molar-refractivity contribution in [3.05, 3.63) is 11.5 Å². The highest BCUT2D eigenvalue weighted by molar-refractivity contribution is 8.03. The Morgan fingerprint density at radius 1 is 1.75 bits per heavy atom. The highest BCUT2D eigenvalue weighted by Crippen LogP contribution is 2.26. The monoisotopic (exact) mass is 148 g/mol. The van der Waals surface area contributed by atoms with Crippen molar-refractivity contribution in [3.8, 4) is 0 Å². The zero-order chi connectivity index (χ0) is 5.98. The summed E-state index contributed by atoms with van der Waals surface area (Å²) >= 11 is 7.11. The summed E-state index contributed by atoms with van der Waals surface area (Å²) in [6, 6.07) is 0. The lowest BCUT2D eigenvalue weighted by atomic mass is 10.3. The van der Waals surface area contributed by atoms with Crippen molar-refractivity contribution in [2.75, 3.05) is 0 Å². The fraction of sp³-hybridized carbons (Fsp3) is 0.400. The SMILES string of the molecule is O=CC1SC=CC1Cl.